The van der Waals surface area contributed by atoms with Crippen LogP contribution < -0.4 is 10.0 Å². The van der Waals surface area contributed by atoms with E-state index in [1.54, 1.807) is 16.4 Å². The van der Waals surface area contributed by atoms with Gasteiger partial charge in [-0.25, -0.2) is 23.1 Å². The lowest BCUT2D eigenvalue weighted by molar-refractivity contribution is 0.0951. The predicted molar refractivity (Wildman–Crippen MR) is 112 cm³/mol. The van der Waals surface area contributed by atoms with Gasteiger partial charge in [0.2, 0.25) is 0 Å². The molecule has 1 amide bonds. The third-order valence-electron chi connectivity index (χ3n) is 4.15. The first-order chi connectivity index (χ1) is 14.5. The number of benzene rings is 2. The predicted octanol–water partition coefficient (Wildman–Crippen LogP) is 2.45. The summed E-state index contributed by atoms with van der Waals surface area (Å²) < 4.78 is 28.7. The summed E-state index contributed by atoms with van der Waals surface area (Å²) >= 11 is 1.18. The van der Waals surface area contributed by atoms with E-state index in [2.05, 4.69) is 25.1 Å². The number of carbonyl (C=O) groups excluding carboxylic acids is 1. The van der Waals surface area contributed by atoms with Crippen LogP contribution >= 0.6 is 11.3 Å². The van der Waals surface area contributed by atoms with Crippen molar-refractivity contribution in [3.8, 4) is 5.69 Å². The highest BCUT2D eigenvalue weighted by atomic mass is 32.2. The number of sulfonamides is 1. The summed E-state index contributed by atoms with van der Waals surface area (Å²) in [5, 5.41) is 8.84. The molecule has 4 aromatic rings. The molecule has 30 heavy (non-hydrogen) atoms. The fourth-order valence-electron chi connectivity index (χ4n) is 2.63. The molecule has 2 N–H and O–H groups in total. The average Bonchev–Trinajstić information content (AvgIpc) is 3.47. The van der Waals surface area contributed by atoms with Crippen molar-refractivity contribution in [3.05, 3.63) is 83.9 Å². The first kappa shape index (κ1) is 19.7. The lowest BCUT2D eigenvalue weighted by Gasteiger charge is -2.08. The van der Waals surface area contributed by atoms with E-state index in [-0.39, 0.29) is 15.9 Å². The second kappa shape index (κ2) is 8.43. The monoisotopic (exact) mass is 440 g/mol. The summed E-state index contributed by atoms with van der Waals surface area (Å²) in [6.07, 6.45) is 4.57. The van der Waals surface area contributed by atoms with Gasteiger partial charge in [-0.15, -0.1) is 11.3 Å². The van der Waals surface area contributed by atoms with E-state index >= 15 is 0 Å². The Bertz CT molecular complexity index is 1220. The van der Waals surface area contributed by atoms with Crippen molar-refractivity contribution in [1.29, 1.82) is 0 Å². The van der Waals surface area contributed by atoms with E-state index in [0.717, 1.165) is 11.3 Å². The van der Waals surface area contributed by atoms with Crippen LogP contribution in [0.25, 0.3) is 5.69 Å². The Balaban J connectivity index is 1.37. The maximum atomic E-state index is 12.4. The molecule has 2 aromatic carbocycles. The topological polar surface area (TPSA) is 119 Å². The molecule has 0 aliphatic heterocycles. The highest BCUT2D eigenvalue weighted by Crippen LogP contribution is 2.18. The molecule has 152 valence electrons. The minimum absolute atomic E-state index is 0.0537. The van der Waals surface area contributed by atoms with Crippen LogP contribution in [0.3, 0.4) is 0 Å². The molecule has 2 aromatic heterocycles. The summed E-state index contributed by atoms with van der Waals surface area (Å²) in [4.78, 5) is 20.2. The molecule has 2 heterocycles. The zero-order valence-corrected chi connectivity index (χ0v) is 17.1. The number of nitrogens with one attached hydrogen (secondary N) is 2. The van der Waals surface area contributed by atoms with Crippen molar-refractivity contribution in [1.82, 2.24) is 25.1 Å². The molecular formula is C19H16N6O3S2. The molecular weight excluding hydrogens is 424 g/mol. The number of hydrogen-bond donors (Lipinski definition) is 2. The van der Waals surface area contributed by atoms with E-state index < -0.39 is 10.0 Å². The maximum Gasteiger partial charge on any atom is 0.263 e. The Kier molecular flexibility index (Phi) is 5.55. The average molecular weight is 441 g/mol. The normalized spacial score (nSPS) is 11.2. The van der Waals surface area contributed by atoms with Gasteiger partial charge in [0.05, 0.1) is 10.6 Å². The maximum absolute atomic E-state index is 12.4. The fourth-order valence-corrected chi connectivity index (χ4v) is 4.41. The van der Waals surface area contributed by atoms with Gasteiger partial charge in [-0.2, -0.15) is 5.10 Å². The first-order valence-corrected chi connectivity index (χ1v) is 11.1. The number of amides is 1. The Morgan fingerprint density at radius 3 is 2.47 bits per heavy atom. The van der Waals surface area contributed by atoms with Gasteiger partial charge in [-0.05, 0) is 42.0 Å². The minimum Gasteiger partial charge on any atom is -0.348 e. The molecule has 0 saturated carbocycles. The van der Waals surface area contributed by atoms with Crippen molar-refractivity contribution < 1.29 is 13.2 Å². The molecule has 0 spiro atoms. The van der Waals surface area contributed by atoms with Crippen LogP contribution in [-0.2, 0) is 16.6 Å². The van der Waals surface area contributed by atoms with Gasteiger partial charge in [0, 0.05) is 23.7 Å². The molecule has 0 unspecified atom stereocenters. The number of carbonyl (C=O) groups is 1. The van der Waals surface area contributed by atoms with Crippen LogP contribution in [-0.4, -0.2) is 34.1 Å². The number of aromatic nitrogens is 4. The van der Waals surface area contributed by atoms with Crippen molar-refractivity contribution in [3.63, 3.8) is 0 Å². The molecule has 0 fully saturated rings. The highest BCUT2D eigenvalue weighted by Gasteiger charge is 2.16. The molecule has 11 heteroatoms. The standard InChI is InChI=1S/C19H16N6O3S2/c26-18(22-11-14-1-5-16(6-2-14)25-13-20-12-23-25)15-3-7-17(8-4-15)30(27,28)24-19-21-9-10-29-19/h1-10,12-13H,11H2,(H,21,24)(H,22,26). The largest absolute Gasteiger partial charge is 0.348 e. The van der Waals surface area contributed by atoms with Crippen molar-refractivity contribution in [2.45, 2.75) is 11.4 Å². The van der Waals surface area contributed by atoms with Gasteiger partial charge >= 0.3 is 0 Å². The Hall–Kier alpha value is -3.57. The molecule has 4 rings (SSSR count). The Labute approximate surface area is 176 Å². The summed E-state index contributed by atoms with van der Waals surface area (Å²) in [7, 11) is -3.75. The number of hydrogen-bond acceptors (Lipinski definition) is 7. The van der Waals surface area contributed by atoms with Crippen molar-refractivity contribution >= 4 is 32.4 Å². The van der Waals surface area contributed by atoms with Gasteiger partial charge in [0.1, 0.15) is 12.7 Å². The fraction of sp³-hybridized carbons (Fsp3) is 0.0526. The van der Waals surface area contributed by atoms with Gasteiger partial charge < -0.3 is 5.32 Å². The van der Waals surface area contributed by atoms with Crippen molar-refractivity contribution in [2.75, 3.05) is 4.72 Å². The number of thiazole rings is 1. The third-order valence-corrected chi connectivity index (χ3v) is 6.33. The van der Waals surface area contributed by atoms with Gasteiger partial charge in [-0.3, -0.25) is 9.52 Å². The van der Waals surface area contributed by atoms with Gasteiger partial charge in [0.15, 0.2) is 5.13 Å². The molecule has 0 radical (unpaired) electrons. The third kappa shape index (κ3) is 4.53. The SMILES string of the molecule is O=C(NCc1ccc(-n2cncn2)cc1)c1ccc(S(=O)(=O)Nc2nccs2)cc1. The summed E-state index contributed by atoms with van der Waals surface area (Å²) in [5.41, 5.74) is 2.15. The Morgan fingerprint density at radius 1 is 1.07 bits per heavy atom. The smallest absolute Gasteiger partial charge is 0.263 e. The van der Waals surface area contributed by atoms with Gasteiger partial charge in [0.25, 0.3) is 15.9 Å². The zero-order valence-electron chi connectivity index (χ0n) is 15.5. The molecule has 0 saturated heterocycles. The van der Waals surface area contributed by atoms with Gasteiger partial charge in [-0.1, -0.05) is 12.1 Å². The molecule has 0 aliphatic rings. The van der Waals surface area contributed by atoms with Crippen molar-refractivity contribution in [2.24, 2.45) is 0 Å². The quantitative estimate of drug-likeness (QED) is 0.456. The second-order valence-electron chi connectivity index (χ2n) is 6.16. The van der Waals surface area contributed by atoms with E-state index in [1.165, 1.54) is 48.1 Å². The van der Waals surface area contributed by atoms with E-state index in [9.17, 15) is 13.2 Å². The molecule has 0 bridgehead atoms. The van der Waals surface area contributed by atoms with Crippen LogP contribution in [0.4, 0.5) is 5.13 Å². The second-order valence-corrected chi connectivity index (χ2v) is 8.73. The lowest BCUT2D eigenvalue weighted by atomic mass is 10.2. The summed E-state index contributed by atoms with van der Waals surface area (Å²) in [6, 6.07) is 13.2. The van der Waals surface area contributed by atoms with E-state index in [0.29, 0.717) is 12.1 Å². The molecule has 9 nitrogen and oxygen atoms in total. The zero-order chi connectivity index (χ0) is 21.0. The van der Waals surface area contributed by atoms with Crippen LogP contribution in [0.2, 0.25) is 0 Å². The molecule has 0 aliphatic carbocycles. The van der Waals surface area contributed by atoms with Crippen LogP contribution in [0.1, 0.15) is 15.9 Å². The minimum atomic E-state index is -3.75. The number of anilines is 1. The van der Waals surface area contributed by atoms with Crippen LogP contribution in [0.5, 0.6) is 0 Å². The number of nitrogens with zero attached hydrogens (tertiary/aromatic N) is 4. The first-order valence-electron chi connectivity index (χ1n) is 8.76. The van der Waals surface area contributed by atoms with E-state index in [4.69, 9.17) is 0 Å². The lowest BCUT2D eigenvalue weighted by Crippen LogP contribution is -2.23. The summed E-state index contributed by atoms with van der Waals surface area (Å²) in [6.45, 7) is 0.335. The number of rotatable bonds is 7. The Morgan fingerprint density at radius 2 is 1.83 bits per heavy atom. The molecule has 0 atom stereocenters. The highest BCUT2D eigenvalue weighted by molar-refractivity contribution is 7.93. The van der Waals surface area contributed by atoms with E-state index in [1.807, 2.05) is 24.3 Å². The van der Waals surface area contributed by atoms with Crippen LogP contribution in [0, 0.1) is 0 Å². The summed E-state index contributed by atoms with van der Waals surface area (Å²) in [5.74, 6) is -0.299. The van der Waals surface area contributed by atoms with Crippen LogP contribution in [0.15, 0.2) is 77.7 Å².